The Morgan fingerprint density at radius 3 is 1.29 bits per heavy atom. The second kappa shape index (κ2) is 9.48. The molecule has 3 aromatic carbocycles. The molecular formula is C29H23F3N2. The van der Waals surface area contributed by atoms with Gasteiger partial charge in [-0.05, 0) is 77.4 Å². The average molecular weight is 457 g/mol. The molecule has 2 heterocycles. The first-order valence-corrected chi connectivity index (χ1v) is 11.1. The minimum Gasteiger partial charge on any atom is -0.346 e. The second-order valence-electron chi connectivity index (χ2n) is 8.36. The van der Waals surface area contributed by atoms with Crippen LogP contribution in [0.3, 0.4) is 0 Å². The molecule has 170 valence electrons. The van der Waals surface area contributed by atoms with Crippen molar-refractivity contribution in [3.63, 3.8) is 0 Å². The Hall–Kier alpha value is -3.99. The molecule has 0 spiro atoms. The molecule has 0 aliphatic carbocycles. The second-order valence-corrected chi connectivity index (χ2v) is 8.36. The molecule has 5 aromatic rings. The highest BCUT2D eigenvalue weighted by Gasteiger charge is 2.23. The van der Waals surface area contributed by atoms with Gasteiger partial charge < -0.3 is 9.13 Å². The standard InChI is InChI=1S/C29H23F3N2/c30-24-11-5-21(6-12-24)19-33-17-1-3-27(33)29(23-9-15-26(32)16-10-23)28-4-2-18-34(28)20-22-7-13-25(31)14-8-22/h1-18,29H,19-20H2. The maximum absolute atomic E-state index is 13.8. The summed E-state index contributed by atoms with van der Waals surface area (Å²) >= 11 is 0. The van der Waals surface area contributed by atoms with Gasteiger partial charge in [0.25, 0.3) is 0 Å². The van der Waals surface area contributed by atoms with Crippen molar-refractivity contribution in [3.05, 3.63) is 155 Å². The summed E-state index contributed by atoms with van der Waals surface area (Å²) in [5.74, 6) is -0.976. The molecule has 0 radical (unpaired) electrons. The first-order chi connectivity index (χ1) is 16.6. The Kier molecular flexibility index (Phi) is 6.09. The van der Waals surface area contributed by atoms with Crippen LogP contribution in [-0.4, -0.2) is 9.13 Å². The Morgan fingerprint density at radius 1 is 0.500 bits per heavy atom. The molecule has 0 aliphatic heterocycles. The smallest absolute Gasteiger partial charge is 0.123 e. The van der Waals surface area contributed by atoms with Crippen molar-refractivity contribution in [2.45, 2.75) is 19.0 Å². The van der Waals surface area contributed by atoms with E-state index in [-0.39, 0.29) is 23.4 Å². The summed E-state index contributed by atoms with van der Waals surface area (Å²) in [7, 11) is 0. The predicted octanol–water partition coefficient (Wildman–Crippen LogP) is 6.98. The van der Waals surface area contributed by atoms with E-state index in [4.69, 9.17) is 0 Å². The lowest BCUT2D eigenvalue weighted by molar-refractivity contribution is 0.622. The van der Waals surface area contributed by atoms with Crippen molar-refractivity contribution in [1.29, 1.82) is 0 Å². The lowest BCUT2D eigenvalue weighted by Gasteiger charge is -2.23. The van der Waals surface area contributed by atoms with Crippen LogP contribution in [0.5, 0.6) is 0 Å². The van der Waals surface area contributed by atoms with Crippen LogP contribution >= 0.6 is 0 Å². The molecule has 2 nitrogen and oxygen atoms in total. The van der Waals surface area contributed by atoms with Crippen LogP contribution in [0.25, 0.3) is 0 Å². The number of hydrogen-bond donors (Lipinski definition) is 0. The third kappa shape index (κ3) is 4.69. The summed E-state index contributed by atoms with van der Waals surface area (Å²) in [6, 6.07) is 27.6. The Morgan fingerprint density at radius 2 is 0.882 bits per heavy atom. The molecule has 0 unspecified atom stereocenters. The number of benzene rings is 3. The Labute approximate surface area is 196 Å². The highest BCUT2D eigenvalue weighted by molar-refractivity contribution is 5.40. The molecule has 0 saturated carbocycles. The zero-order valence-electron chi connectivity index (χ0n) is 18.4. The van der Waals surface area contributed by atoms with Gasteiger partial charge in [0, 0.05) is 36.9 Å². The number of nitrogens with zero attached hydrogens (tertiary/aromatic N) is 2. The molecule has 5 rings (SSSR count). The van der Waals surface area contributed by atoms with Gasteiger partial charge in [0.05, 0.1) is 5.92 Å². The third-order valence-corrected chi connectivity index (χ3v) is 6.06. The highest BCUT2D eigenvalue weighted by atomic mass is 19.1. The van der Waals surface area contributed by atoms with Crippen molar-refractivity contribution < 1.29 is 13.2 Å². The molecule has 2 aromatic heterocycles. The molecule has 0 saturated heterocycles. The van der Waals surface area contributed by atoms with Crippen LogP contribution in [-0.2, 0) is 13.1 Å². The Balaban J connectivity index is 1.56. The maximum Gasteiger partial charge on any atom is 0.123 e. The van der Waals surface area contributed by atoms with E-state index >= 15 is 0 Å². The van der Waals surface area contributed by atoms with E-state index < -0.39 is 0 Å². The molecule has 0 amide bonds. The lowest BCUT2D eigenvalue weighted by atomic mass is 9.92. The fourth-order valence-corrected chi connectivity index (χ4v) is 4.39. The first-order valence-electron chi connectivity index (χ1n) is 11.1. The van der Waals surface area contributed by atoms with E-state index in [1.165, 1.54) is 36.4 Å². The van der Waals surface area contributed by atoms with Gasteiger partial charge in [0.15, 0.2) is 0 Å². The van der Waals surface area contributed by atoms with Crippen LogP contribution in [0.15, 0.2) is 109 Å². The quantitative estimate of drug-likeness (QED) is 0.250. The molecule has 0 bridgehead atoms. The zero-order chi connectivity index (χ0) is 23.5. The number of rotatable bonds is 7. The van der Waals surface area contributed by atoms with E-state index in [2.05, 4.69) is 21.3 Å². The molecule has 0 N–H and O–H groups in total. The van der Waals surface area contributed by atoms with Gasteiger partial charge in [0.1, 0.15) is 17.5 Å². The normalized spacial score (nSPS) is 11.3. The third-order valence-electron chi connectivity index (χ3n) is 6.06. The molecule has 0 atom stereocenters. The lowest BCUT2D eigenvalue weighted by Crippen LogP contribution is -2.15. The SMILES string of the molecule is Fc1ccc(Cn2cccc2C(c2ccc(F)cc2)c2cccn2Cc2ccc(F)cc2)cc1. The van der Waals surface area contributed by atoms with E-state index in [9.17, 15) is 13.2 Å². The van der Waals surface area contributed by atoms with Gasteiger partial charge in [-0.2, -0.15) is 0 Å². The van der Waals surface area contributed by atoms with Crippen LogP contribution in [0.2, 0.25) is 0 Å². The molecule has 34 heavy (non-hydrogen) atoms. The van der Waals surface area contributed by atoms with Gasteiger partial charge in [-0.15, -0.1) is 0 Å². The highest BCUT2D eigenvalue weighted by Crippen LogP contribution is 2.33. The van der Waals surface area contributed by atoms with Crippen LogP contribution in [0, 0.1) is 17.5 Å². The van der Waals surface area contributed by atoms with Crippen molar-refractivity contribution in [2.24, 2.45) is 0 Å². The van der Waals surface area contributed by atoms with Gasteiger partial charge >= 0.3 is 0 Å². The summed E-state index contributed by atoms with van der Waals surface area (Å²) in [6.07, 6.45) is 4.00. The summed E-state index contributed by atoms with van der Waals surface area (Å²) in [5.41, 5.74) is 5.00. The van der Waals surface area contributed by atoms with E-state index in [0.29, 0.717) is 13.1 Å². The maximum atomic E-state index is 13.8. The Bertz CT molecular complexity index is 1280. The average Bonchev–Trinajstić information content (AvgIpc) is 3.49. The fraction of sp³-hybridized carbons (Fsp3) is 0.103. The molecule has 0 aliphatic rings. The molecular weight excluding hydrogens is 433 g/mol. The van der Waals surface area contributed by atoms with Crippen molar-refractivity contribution in [2.75, 3.05) is 0 Å². The molecule has 0 fully saturated rings. The van der Waals surface area contributed by atoms with E-state index in [1.54, 1.807) is 24.3 Å². The summed E-state index contributed by atoms with van der Waals surface area (Å²) in [6.45, 7) is 1.16. The topological polar surface area (TPSA) is 9.86 Å². The number of halogens is 3. The molecule has 5 heteroatoms. The van der Waals surface area contributed by atoms with E-state index in [0.717, 1.165) is 28.1 Å². The minimum absolute atomic E-state index is 0.161. The summed E-state index contributed by atoms with van der Waals surface area (Å²) in [5, 5.41) is 0. The van der Waals surface area contributed by atoms with Gasteiger partial charge in [-0.25, -0.2) is 13.2 Å². The largest absolute Gasteiger partial charge is 0.346 e. The predicted molar refractivity (Wildman–Crippen MR) is 127 cm³/mol. The van der Waals surface area contributed by atoms with E-state index in [1.807, 2.05) is 36.7 Å². The van der Waals surface area contributed by atoms with Gasteiger partial charge in [-0.3, -0.25) is 0 Å². The van der Waals surface area contributed by atoms with Gasteiger partial charge in [-0.1, -0.05) is 36.4 Å². The number of hydrogen-bond acceptors (Lipinski definition) is 0. The monoisotopic (exact) mass is 456 g/mol. The van der Waals surface area contributed by atoms with Crippen molar-refractivity contribution in [3.8, 4) is 0 Å². The minimum atomic E-state index is -0.286. The fourth-order valence-electron chi connectivity index (χ4n) is 4.39. The van der Waals surface area contributed by atoms with Crippen LogP contribution in [0.4, 0.5) is 13.2 Å². The van der Waals surface area contributed by atoms with Crippen molar-refractivity contribution >= 4 is 0 Å². The number of aromatic nitrogens is 2. The van der Waals surface area contributed by atoms with Crippen molar-refractivity contribution in [1.82, 2.24) is 9.13 Å². The van der Waals surface area contributed by atoms with Crippen LogP contribution in [0.1, 0.15) is 34.0 Å². The summed E-state index contributed by atoms with van der Waals surface area (Å²) < 4.78 is 44.8. The zero-order valence-corrected chi connectivity index (χ0v) is 18.4. The summed E-state index contributed by atoms with van der Waals surface area (Å²) in [4.78, 5) is 0. The van der Waals surface area contributed by atoms with Gasteiger partial charge in [0.2, 0.25) is 0 Å². The van der Waals surface area contributed by atoms with Crippen LogP contribution < -0.4 is 0 Å². The first kappa shape index (κ1) is 21.8.